The van der Waals surface area contributed by atoms with Crippen LogP contribution in [0.2, 0.25) is 0 Å². The molecule has 5 heteroatoms. The van der Waals surface area contributed by atoms with Crippen molar-refractivity contribution in [1.82, 2.24) is 5.32 Å². The molecule has 0 radical (unpaired) electrons. The van der Waals surface area contributed by atoms with Crippen LogP contribution in [0.1, 0.15) is 11.1 Å². The third-order valence-corrected chi connectivity index (χ3v) is 4.52. The van der Waals surface area contributed by atoms with E-state index in [1.54, 1.807) is 0 Å². The average molecular weight is 373 g/mol. The summed E-state index contributed by atoms with van der Waals surface area (Å²) >= 11 is 4.75. The van der Waals surface area contributed by atoms with Gasteiger partial charge in [0.1, 0.15) is 0 Å². The fourth-order valence-corrected chi connectivity index (χ4v) is 3.03. The van der Waals surface area contributed by atoms with Crippen molar-refractivity contribution in [1.29, 1.82) is 0 Å². The number of carbonyl (C=O) groups is 1. The van der Waals surface area contributed by atoms with E-state index in [-0.39, 0.29) is 5.91 Å². The summed E-state index contributed by atoms with van der Waals surface area (Å²) in [6.07, 6.45) is 1.87. The Balaban J connectivity index is 1.80. The number of nitrogens with one attached hydrogen (secondary N) is 1. The van der Waals surface area contributed by atoms with Gasteiger partial charge in [-0.1, -0.05) is 45.8 Å². The van der Waals surface area contributed by atoms with Gasteiger partial charge in [0.05, 0.1) is 10.6 Å². The van der Waals surface area contributed by atoms with Crippen LogP contribution in [0.4, 0.5) is 5.69 Å². The normalized spacial score (nSPS) is 18.0. The van der Waals surface area contributed by atoms with Crippen LogP contribution in [0.5, 0.6) is 0 Å². The molecular formula is C17H13BrN2OS. The molecule has 1 aliphatic heterocycles. The van der Waals surface area contributed by atoms with Gasteiger partial charge in [0, 0.05) is 4.47 Å². The molecule has 1 heterocycles. The molecule has 0 aromatic heterocycles. The van der Waals surface area contributed by atoms with Gasteiger partial charge in [-0.2, -0.15) is 0 Å². The lowest BCUT2D eigenvalue weighted by Crippen LogP contribution is -2.19. The predicted octanol–water partition coefficient (Wildman–Crippen LogP) is 4.65. The molecule has 2 aromatic carbocycles. The number of thioether (sulfide) groups is 1. The molecule has 1 N–H and O–H groups in total. The molecule has 1 aliphatic rings. The third kappa shape index (κ3) is 3.67. The molecule has 0 atom stereocenters. The maximum absolute atomic E-state index is 12.0. The first-order valence-electron chi connectivity index (χ1n) is 6.72. The van der Waals surface area contributed by atoms with Gasteiger partial charge >= 0.3 is 0 Å². The van der Waals surface area contributed by atoms with Gasteiger partial charge in [-0.3, -0.25) is 4.79 Å². The van der Waals surface area contributed by atoms with E-state index in [2.05, 4.69) is 26.2 Å². The lowest BCUT2D eigenvalue weighted by atomic mass is 10.2. The van der Waals surface area contributed by atoms with Gasteiger partial charge in [0.2, 0.25) is 0 Å². The van der Waals surface area contributed by atoms with Crippen molar-refractivity contribution >= 4 is 50.5 Å². The molecule has 0 spiro atoms. The number of aryl methyl sites for hydroxylation is 1. The van der Waals surface area contributed by atoms with Crippen molar-refractivity contribution in [3.8, 4) is 0 Å². The first-order chi connectivity index (χ1) is 10.6. The van der Waals surface area contributed by atoms with E-state index in [9.17, 15) is 4.79 Å². The summed E-state index contributed by atoms with van der Waals surface area (Å²) in [5, 5.41) is 3.40. The minimum Gasteiger partial charge on any atom is -0.300 e. The van der Waals surface area contributed by atoms with Gasteiger partial charge in [0.25, 0.3) is 5.91 Å². The number of hydrogen-bond acceptors (Lipinski definition) is 3. The molecule has 2 aromatic rings. The van der Waals surface area contributed by atoms with Gasteiger partial charge in [-0.15, -0.1) is 0 Å². The van der Waals surface area contributed by atoms with Crippen molar-refractivity contribution in [2.75, 3.05) is 0 Å². The Kier molecular flexibility index (Phi) is 4.45. The first kappa shape index (κ1) is 15.1. The zero-order valence-electron chi connectivity index (χ0n) is 11.8. The Morgan fingerprint density at radius 3 is 2.45 bits per heavy atom. The molecular weight excluding hydrogens is 360 g/mol. The van der Waals surface area contributed by atoms with Crippen LogP contribution < -0.4 is 5.32 Å². The predicted molar refractivity (Wildman–Crippen MR) is 96.1 cm³/mol. The molecule has 1 fully saturated rings. The van der Waals surface area contributed by atoms with E-state index in [0.29, 0.717) is 10.1 Å². The van der Waals surface area contributed by atoms with Crippen LogP contribution in [0.3, 0.4) is 0 Å². The highest BCUT2D eigenvalue weighted by molar-refractivity contribution is 9.10. The van der Waals surface area contributed by atoms with Gasteiger partial charge in [-0.25, -0.2) is 4.99 Å². The molecule has 3 rings (SSSR count). The summed E-state index contributed by atoms with van der Waals surface area (Å²) in [5.74, 6) is -0.112. The summed E-state index contributed by atoms with van der Waals surface area (Å²) in [6, 6.07) is 15.7. The van der Waals surface area contributed by atoms with Gasteiger partial charge in [0.15, 0.2) is 5.17 Å². The first-order valence-corrected chi connectivity index (χ1v) is 8.33. The maximum atomic E-state index is 12.0. The number of halogens is 1. The van der Waals surface area contributed by atoms with E-state index in [4.69, 9.17) is 0 Å². The molecule has 0 saturated carbocycles. The minimum absolute atomic E-state index is 0.112. The van der Waals surface area contributed by atoms with E-state index >= 15 is 0 Å². The maximum Gasteiger partial charge on any atom is 0.264 e. The second kappa shape index (κ2) is 6.50. The van der Waals surface area contributed by atoms with Crippen LogP contribution in [0.25, 0.3) is 6.08 Å². The monoisotopic (exact) mass is 372 g/mol. The molecule has 0 aliphatic carbocycles. The summed E-state index contributed by atoms with van der Waals surface area (Å²) in [4.78, 5) is 17.1. The fourth-order valence-electron chi connectivity index (χ4n) is 1.93. The largest absolute Gasteiger partial charge is 0.300 e. The SMILES string of the molecule is Cc1ccc(N=C2NC(=O)C(=Cc3ccc(Br)cc3)S2)cc1. The third-order valence-electron chi connectivity index (χ3n) is 3.08. The highest BCUT2D eigenvalue weighted by atomic mass is 79.9. The van der Waals surface area contributed by atoms with E-state index in [1.807, 2.05) is 61.5 Å². The summed E-state index contributed by atoms with van der Waals surface area (Å²) < 4.78 is 1.01. The fraction of sp³-hybridized carbons (Fsp3) is 0.0588. The van der Waals surface area contributed by atoms with Gasteiger partial charge in [-0.05, 0) is 54.6 Å². The molecule has 22 heavy (non-hydrogen) atoms. The Bertz CT molecular complexity index is 764. The summed E-state index contributed by atoms with van der Waals surface area (Å²) in [6.45, 7) is 2.03. The number of benzene rings is 2. The van der Waals surface area contributed by atoms with Crippen molar-refractivity contribution in [3.05, 3.63) is 69.0 Å². The van der Waals surface area contributed by atoms with Gasteiger partial charge < -0.3 is 5.32 Å². The molecule has 1 saturated heterocycles. The van der Waals surface area contributed by atoms with Crippen molar-refractivity contribution < 1.29 is 4.79 Å². The van der Waals surface area contributed by atoms with E-state index < -0.39 is 0 Å². The van der Waals surface area contributed by atoms with Crippen LogP contribution in [-0.4, -0.2) is 11.1 Å². The second-order valence-electron chi connectivity index (χ2n) is 4.87. The number of carbonyl (C=O) groups excluding carboxylic acids is 1. The topological polar surface area (TPSA) is 41.5 Å². The highest BCUT2D eigenvalue weighted by Gasteiger charge is 2.23. The molecule has 1 amide bonds. The number of hydrogen-bond donors (Lipinski definition) is 1. The Morgan fingerprint density at radius 1 is 1.09 bits per heavy atom. The van der Waals surface area contributed by atoms with Crippen molar-refractivity contribution in [2.45, 2.75) is 6.92 Å². The Hall–Kier alpha value is -1.85. The second-order valence-corrected chi connectivity index (χ2v) is 6.82. The molecule has 3 nitrogen and oxygen atoms in total. The number of rotatable bonds is 2. The lowest BCUT2D eigenvalue weighted by Gasteiger charge is -1.97. The lowest BCUT2D eigenvalue weighted by molar-refractivity contribution is -0.115. The van der Waals surface area contributed by atoms with Crippen LogP contribution in [-0.2, 0) is 4.79 Å². The summed E-state index contributed by atoms with van der Waals surface area (Å²) in [7, 11) is 0. The average Bonchev–Trinajstić information content (AvgIpc) is 2.84. The molecule has 0 unspecified atom stereocenters. The molecule has 110 valence electrons. The van der Waals surface area contributed by atoms with Crippen LogP contribution >= 0.6 is 27.7 Å². The van der Waals surface area contributed by atoms with E-state index in [1.165, 1.54) is 17.3 Å². The number of aliphatic imine (C=N–C) groups is 1. The smallest absolute Gasteiger partial charge is 0.264 e. The van der Waals surface area contributed by atoms with Crippen molar-refractivity contribution in [3.63, 3.8) is 0 Å². The number of amidine groups is 1. The standard InChI is InChI=1S/C17H13BrN2OS/c1-11-2-8-14(9-3-11)19-17-20-16(21)15(22-17)10-12-4-6-13(18)7-5-12/h2-10H,1H3,(H,19,20,21). The summed E-state index contributed by atoms with van der Waals surface area (Å²) in [5.41, 5.74) is 3.00. The number of nitrogens with zero attached hydrogens (tertiary/aromatic N) is 1. The quantitative estimate of drug-likeness (QED) is 0.779. The Morgan fingerprint density at radius 2 is 1.77 bits per heavy atom. The van der Waals surface area contributed by atoms with E-state index in [0.717, 1.165) is 15.7 Å². The zero-order valence-corrected chi connectivity index (χ0v) is 14.2. The number of amides is 1. The zero-order chi connectivity index (χ0) is 15.5. The van der Waals surface area contributed by atoms with Crippen LogP contribution in [0.15, 0.2) is 62.9 Å². The minimum atomic E-state index is -0.112. The Labute approximate surface area is 141 Å². The van der Waals surface area contributed by atoms with Crippen molar-refractivity contribution in [2.24, 2.45) is 4.99 Å². The highest BCUT2D eigenvalue weighted by Crippen LogP contribution is 2.28. The molecule has 0 bridgehead atoms. The van der Waals surface area contributed by atoms with Crippen LogP contribution in [0, 0.1) is 6.92 Å².